The quantitative estimate of drug-likeness (QED) is 0.334. The molecule has 134 valence electrons. The largest absolute Gasteiger partial charge is 0.480 e. The number of carbonyl (C=O) groups is 3. The number of hydrogen-bond acceptors (Lipinski definition) is 6. The van der Waals surface area contributed by atoms with Gasteiger partial charge in [0.05, 0.1) is 5.75 Å². The standard InChI is InChI=1S/C13H25N3O6S/c1-9(17)15-10(6-8-23(2,21)22)12(18)16-11(13(19)20)5-3-4-7-14/h10-11H,3-8,14H2,1-2H3,(H,15,17)(H,16,18)(H,19,20). The number of carboxylic acid groups (broad SMARTS) is 1. The van der Waals surface area contributed by atoms with Crippen LogP contribution in [0.1, 0.15) is 32.6 Å². The van der Waals surface area contributed by atoms with E-state index in [2.05, 4.69) is 10.6 Å². The van der Waals surface area contributed by atoms with Crippen LogP contribution in [0.15, 0.2) is 0 Å². The molecule has 0 aliphatic carbocycles. The molecule has 2 unspecified atom stereocenters. The molecule has 2 atom stereocenters. The van der Waals surface area contributed by atoms with Crippen molar-refractivity contribution in [3.05, 3.63) is 0 Å². The van der Waals surface area contributed by atoms with Gasteiger partial charge in [-0.3, -0.25) is 9.59 Å². The van der Waals surface area contributed by atoms with E-state index in [1.807, 2.05) is 0 Å². The second-order valence-corrected chi connectivity index (χ2v) is 7.62. The Morgan fingerprint density at radius 1 is 1.09 bits per heavy atom. The molecule has 0 aromatic rings. The molecular formula is C13H25N3O6S. The summed E-state index contributed by atoms with van der Waals surface area (Å²) in [6.45, 7) is 1.61. The third-order valence-electron chi connectivity index (χ3n) is 3.03. The maximum absolute atomic E-state index is 12.1. The van der Waals surface area contributed by atoms with E-state index in [9.17, 15) is 22.8 Å². The Balaban J connectivity index is 4.82. The van der Waals surface area contributed by atoms with Gasteiger partial charge in [-0.15, -0.1) is 0 Å². The number of sulfone groups is 1. The van der Waals surface area contributed by atoms with Crippen LogP contribution >= 0.6 is 0 Å². The molecule has 0 saturated heterocycles. The molecule has 0 bridgehead atoms. The van der Waals surface area contributed by atoms with Crippen molar-refractivity contribution in [3.63, 3.8) is 0 Å². The van der Waals surface area contributed by atoms with E-state index in [1.165, 1.54) is 6.92 Å². The van der Waals surface area contributed by atoms with Crippen molar-refractivity contribution in [2.45, 2.75) is 44.7 Å². The summed E-state index contributed by atoms with van der Waals surface area (Å²) >= 11 is 0. The van der Waals surface area contributed by atoms with Gasteiger partial charge in [-0.2, -0.15) is 0 Å². The lowest BCUT2D eigenvalue weighted by Crippen LogP contribution is -2.51. The number of hydrogen-bond donors (Lipinski definition) is 4. The second kappa shape index (κ2) is 10.2. The Morgan fingerprint density at radius 3 is 2.13 bits per heavy atom. The third kappa shape index (κ3) is 10.6. The van der Waals surface area contributed by atoms with E-state index < -0.39 is 39.7 Å². The van der Waals surface area contributed by atoms with Crippen LogP contribution in [-0.2, 0) is 24.2 Å². The minimum Gasteiger partial charge on any atom is -0.480 e. The monoisotopic (exact) mass is 351 g/mol. The summed E-state index contributed by atoms with van der Waals surface area (Å²) in [6, 6.07) is -2.21. The topological polar surface area (TPSA) is 156 Å². The fourth-order valence-corrected chi connectivity index (χ4v) is 2.53. The van der Waals surface area contributed by atoms with E-state index in [1.54, 1.807) is 0 Å². The minimum absolute atomic E-state index is 0.126. The van der Waals surface area contributed by atoms with Gasteiger partial charge in [0.25, 0.3) is 0 Å². The lowest BCUT2D eigenvalue weighted by Gasteiger charge is -2.20. The first-order chi connectivity index (χ1) is 10.6. The molecule has 0 spiro atoms. The molecule has 0 aliphatic heterocycles. The fourth-order valence-electron chi connectivity index (χ4n) is 1.87. The molecule has 9 nitrogen and oxygen atoms in total. The van der Waals surface area contributed by atoms with Crippen LogP contribution in [0.4, 0.5) is 0 Å². The first-order valence-corrected chi connectivity index (χ1v) is 9.31. The smallest absolute Gasteiger partial charge is 0.326 e. The van der Waals surface area contributed by atoms with Crippen LogP contribution < -0.4 is 16.4 Å². The Labute approximate surface area is 135 Å². The Hall–Kier alpha value is -1.68. The Bertz CT molecular complexity index is 520. The van der Waals surface area contributed by atoms with Crippen LogP contribution in [0.25, 0.3) is 0 Å². The number of carbonyl (C=O) groups excluding carboxylic acids is 2. The predicted molar refractivity (Wildman–Crippen MR) is 84.4 cm³/mol. The van der Waals surface area contributed by atoms with Crippen LogP contribution in [0.2, 0.25) is 0 Å². The van der Waals surface area contributed by atoms with E-state index in [4.69, 9.17) is 10.8 Å². The van der Waals surface area contributed by atoms with Crippen molar-refractivity contribution >= 4 is 27.6 Å². The van der Waals surface area contributed by atoms with Gasteiger partial charge in [-0.25, -0.2) is 13.2 Å². The SMILES string of the molecule is CC(=O)NC(CCS(C)(=O)=O)C(=O)NC(CCCCN)C(=O)O. The van der Waals surface area contributed by atoms with E-state index in [0.29, 0.717) is 19.4 Å². The molecule has 0 heterocycles. The highest BCUT2D eigenvalue weighted by Crippen LogP contribution is 2.03. The lowest BCUT2D eigenvalue weighted by atomic mass is 10.1. The molecule has 0 saturated carbocycles. The third-order valence-corrected chi connectivity index (χ3v) is 4.01. The van der Waals surface area contributed by atoms with Crippen molar-refractivity contribution < 1.29 is 27.9 Å². The lowest BCUT2D eigenvalue weighted by molar-refractivity contribution is -0.142. The zero-order valence-corrected chi connectivity index (χ0v) is 14.2. The fraction of sp³-hybridized carbons (Fsp3) is 0.769. The van der Waals surface area contributed by atoms with Crippen LogP contribution in [0, 0.1) is 0 Å². The number of rotatable bonds is 11. The maximum atomic E-state index is 12.1. The molecule has 10 heteroatoms. The molecule has 0 fully saturated rings. The highest BCUT2D eigenvalue weighted by atomic mass is 32.2. The second-order valence-electron chi connectivity index (χ2n) is 5.36. The number of amides is 2. The van der Waals surface area contributed by atoms with Gasteiger partial charge in [-0.05, 0) is 32.2 Å². The van der Waals surface area contributed by atoms with E-state index >= 15 is 0 Å². The highest BCUT2D eigenvalue weighted by Gasteiger charge is 2.26. The molecule has 0 aromatic carbocycles. The number of nitrogens with two attached hydrogens (primary N) is 1. The number of unbranched alkanes of at least 4 members (excludes halogenated alkanes) is 1. The summed E-state index contributed by atoms with van der Waals surface area (Å²) in [5.41, 5.74) is 5.34. The van der Waals surface area contributed by atoms with Crippen LogP contribution in [0.5, 0.6) is 0 Å². The number of carboxylic acids is 1. The summed E-state index contributed by atoms with van der Waals surface area (Å²) in [5, 5.41) is 13.8. The molecule has 23 heavy (non-hydrogen) atoms. The number of nitrogens with one attached hydrogen (secondary N) is 2. The molecule has 5 N–H and O–H groups in total. The molecule has 0 rings (SSSR count). The minimum atomic E-state index is -3.31. The average Bonchev–Trinajstić information content (AvgIpc) is 2.40. The van der Waals surface area contributed by atoms with Crippen molar-refractivity contribution in [2.24, 2.45) is 5.73 Å². The van der Waals surface area contributed by atoms with Crippen LogP contribution in [-0.4, -0.2) is 61.9 Å². The average molecular weight is 351 g/mol. The summed E-state index contributed by atoms with van der Waals surface area (Å²) < 4.78 is 22.4. The van der Waals surface area contributed by atoms with Gasteiger partial charge in [0.1, 0.15) is 21.9 Å². The van der Waals surface area contributed by atoms with Gasteiger partial charge < -0.3 is 21.5 Å². The number of aliphatic carboxylic acids is 1. The molecule has 0 aromatic heterocycles. The Kier molecular flexibility index (Phi) is 9.42. The van der Waals surface area contributed by atoms with E-state index in [0.717, 1.165) is 6.26 Å². The molecular weight excluding hydrogens is 326 g/mol. The molecule has 2 amide bonds. The van der Waals surface area contributed by atoms with Gasteiger partial charge in [0, 0.05) is 13.2 Å². The predicted octanol–water partition coefficient (Wildman–Crippen LogP) is -1.38. The van der Waals surface area contributed by atoms with Gasteiger partial charge in [-0.1, -0.05) is 0 Å². The summed E-state index contributed by atoms with van der Waals surface area (Å²) in [6.07, 6.45) is 2.25. The maximum Gasteiger partial charge on any atom is 0.326 e. The Morgan fingerprint density at radius 2 is 1.70 bits per heavy atom. The highest BCUT2D eigenvalue weighted by molar-refractivity contribution is 7.90. The van der Waals surface area contributed by atoms with Gasteiger partial charge >= 0.3 is 5.97 Å². The van der Waals surface area contributed by atoms with Crippen molar-refractivity contribution in [1.82, 2.24) is 10.6 Å². The van der Waals surface area contributed by atoms with Crippen LogP contribution in [0.3, 0.4) is 0 Å². The summed E-state index contributed by atoms with van der Waals surface area (Å²) in [4.78, 5) is 34.4. The van der Waals surface area contributed by atoms with E-state index in [-0.39, 0.29) is 18.6 Å². The summed E-state index contributed by atoms with van der Waals surface area (Å²) in [5.74, 6) is -2.71. The van der Waals surface area contributed by atoms with Crippen molar-refractivity contribution in [3.8, 4) is 0 Å². The van der Waals surface area contributed by atoms with Crippen molar-refractivity contribution in [2.75, 3.05) is 18.6 Å². The summed E-state index contributed by atoms with van der Waals surface area (Å²) in [7, 11) is -3.31. The zero-order chi connectivity index (χ0) is 18.0. The van der Waals surface area contributed by atoms with Gasteiger partial charge in [0.2, 0.25) is 11.8 Å². The zero-order valence-electron chi connectivity index (χ0n) is 13.4. The van der Waals surface area contributed by atoms with Gasteiger partial charge in [0.15, 0.2) is 0 Å². The van der Waals surface area contributed by atoms with Crippen molar-refractivity contribution in [1.29, 1.82) is 0 Å². The normalized spacial score (nSPS) is 13.9. The molecule has 0 aliphatic rings. The first-order valence-electron chi connectivity index (χ1n) is 7.25. The first kappa shape index (κ1) is 21.3. The molecule has 0 radical (unpaired) electrons.